The van der Waals surface area contributed by atoms with Crippen LogP contribution in [-0.2, 0) is 10.3 Å². The van der Waals surface area contributed by atoms with Gasteiger partial charge in [0.05, 0.1) is 18.0 Å². The number of nitrogens with one attached hydrogen (secondary N) is 1. The van der Waals surface area contributed by atoms with Crippen LogP contribution < -0.4 is 11.1 Å². The zero-order valence-corrected chi connectivity index (χ0v) is 18.3. The third kappa shape index (κ3) is 4.89. The SMILES string of the molecule is CC(OC(=O)N1CCC(CC#N)(n2cc(C(N)=O)c(Nc3ccnc(F)c3)n2)CC1)C1CC1. The fourth-order valence-electron chi connectivity index (χ4n) is 4.14. The number of halogens is 1. The molecule has 11 heteroatoms. The van der Waals surface area contributed by atoms with Gasteiger partial charge in [-0.3, -0.25) is 9.48 Å². The minimum Gasteiger partial charge on any atom is -0.446 e. The Morgan fingerprint density at radius 1 is 1.42 bits per heavy atom. The molecule has 1 saturated carbocycles. The van der Waals surface area contributed by atoms with Gasteiger partial charge in [0.1, 0.15) is 11.7 Å². The van der Waals surface area contributed by atoms with Crippen molar-refractivity contribution in [3.05, 3.63) is 36.0 Å². The Morgan fingerprint density at radius 2 is 2.15 bits per heavy atom. The molecule has 1 atom stereocenters. The first-order valence-corrected chi connectivity index (χ1v) is 10.9. The fourth-order valence-corrected chi connectivity index (χ4v) is 4.14. The molecule has 3 N–H and O–H groups in total. The Hall–Kier alpha value is -3.68. The van der Waals surface area contributed by atoms with Crippen LogP contribution in [0.5, 0.6) is 0 Å². The lowest BCUT2D eigenvalue weighted by Crippen LogP contribution is -2.48. The van der Waals surface area contributed by atoms with Crippen LogP contribution in [0.1, 0.15) is 49.4 Å². The fraction of sp³-hybridized carbons (Fsp3) is 0.500. The second-order valence-corrected chi connectivity index (χ2v) is 8.67. The van der Waals surface area contributed by atoms with Crippen molar-refractivity contribution >= 4 is 23.5 Å². The van der Waals surface area contributed by atoms with Gasteiger partial charge in [-0.05, 0) is 44.6 Å². The molecule has 33 heavy (non-hydrogen) atoms. The van der Waals surface area contributed by atoms with Crippen molar-refractivity contribution in [3.8, 4) is 6.07 Å². The first-order chi connectivity index (χ1) is 15.8. The average molecular weight is 455 g/mol. The standard InChI is InChI=1S/C22H26FN7O3/c1-14(15-2-3-15)33-21(32)29-10-6-22(5-8-24,7-11-29)30-13-17(19(25)31)20(28-30)27-16-4-9-26-18(23)12-16/h4,9,12-15H,2-3,5-7,10-11H2,1H3,(H2,25,31)(H,26,27,28). The minimum atomic E-state index is -0.721. The lowest BCUT2D eigenvalue weighted by Gasteiger charge is -2.40. The van der Waals surface area contributed by atoms with Crippen molar-refractivity contribution in [2.24, 2.45) is 11.7 Å². The van der Waals surface area contributed by atoms with Crippen LogP contribution in [0, 0.1) is 23.2 Å². The van der Waals surface area contributed by atoms with Crippen molar-refractivity contribution in [2.75, 3.05) is 18.4 Å². The number of amides is 2. The number of nitrogens with two attached hydrogens (primary N) is 1. The summed E-state index contributed by atoms with van der Waals surface area (Å²) in [6.07, 6.45) is 5.56. The van der Waals surface area contributed by atoms with Gasteiger partial charge in [0, 0.05) is 37.2 Å². The smallest absolute Gasteiger partial charge is 0.410 e. The number of nitriles is 1. The summed E-state index contributed by atoms with van der Waals surface area (Å²) in [5.74, 6) is -0.783. The highest BCUT2D eigenvalue weighted by Crippen LogP contribution is 2.37. The van der Waals surface area contributed by atoms with E-state index in [2.05, 4.69) is 21.5 Å². The van der Waals surface area contributed by atoms with Crippen LogP contribution in [0.25, 0.3) is 0 Å². The van der Waals surface area contributed by atoms with Crippen LogP contribution in [0.15, 0.2) is 24.5 Å². The quantitative estimate of drug-likeness (QED) is 0.612. The number of anilines is 2. The number of likely N-dealkylation sites (tertiary alicyclic amines) is 1. The van der Waals surface area contributed by atoms with Gasteiger partial charge in [-0.15, -0.1) is 0 Å². The van der Waals surface area contributed by atoms with E-state index in [1.807, 2.05) is 6.92 Å². The van der Waals surface area contributed by atoms with Gasteiger partial charge in [-0.2, -0.15) is 14.8 Å². The number of hydrogen-bond acceptors (Lipinski definition) is 7. The van der Waals surface area contributed by atoms with E-state index >= 15 is 0 Å². The summed E-state index contributed by atoms with van der Waals surface area (Å²) in [6, 6.07) is 4.90. The van der Waals surface area contributed by atoms with Crippen molar-refractivity contribution in [1.82, 2.24) is 19.7 Å². The molecule has 2 amide bonds. The number of carbonyl (C=O) groups excluding carboxylic acids is 2. The van der Waals surface area contributed by atoms with Gasteiger partial charge in [0.25, 0.3) is 5.91 Å². The number of ether oxygens (including phenoxy) is 1. The molecule has 10 nitrogen and oxygen atoms in total. The molecule has 1 aliphatic carbocycles. The van der Waals surface area contributed by atoms with E-state index in [-0.39, 0.29) is 30.0 Å². The third-order valence-electron chi connectivity index (χ3n) is 6.39. The topological polar surface area (TPSA) is 139 Å². The Labute approximate surface area is 190 Å². The number of nitrogens with zero attached hydrogens (tertiary/aromatic N) is 5. The molecule has 1 saturated heterocycles. The Morgan fingerprint density at radius 3 is 2.76 bits per heavy atom. The van der Waals surface area contributed by atoms with Crippen LogP contribution >= 0.6 is 0 Å². The van der Waals surface area contributed by atoms with Crippen LogP contribution in [0.3, 0.4) is 0 Å². The molecule has 3 heterocycles. The van der Waals surface area contributed by atoms with Crippen molar-refractivity contribution in [2.45, 2.75) is 50.7 Å². The predicted octanol–water partition coefficient (Wildman–Crippen LogP) is 2.90. The van der Waals surface area contributed by atoms with Crippen molar-refractivity contribution < 1.29 is 18.7 Å². The van der Waals surface area contributed by atoms with E-state index in [1.54, 1.807) is 9.58 Å². The lowest BCUT2D eigenvalue weighted by atomic mass is 9.85. The molecular formula is C22H26FN7O3. The van der Waals surface area contributed by atoms with Gasteiger partial charge in [0.2, 0.25) is 5.95 Å². The number of rotatable bonds is 7. The van der Waals surface area contributed by atoms with E-state index in [0.29, 0.717) is 37.5 Å². The average Bonchev–Trinajstić information content (AvgIpc) is 3.54. The highest BCUT2D eigenvalue weighted by Gasteiger charge is 2.40. The first kappa shape index (κ1) is 22.5. The summed E-state index contributed by atoms with van der Waals surface area (Å²) in [4.78, 5) is 29.7. The van der Waals surface area contributed by atoms with Crippen molar-refractivity contribution in [1.29, 1.82) is 5.26 Å². The first-order valence-electron chi connectivity index (χ1n) is 10.9. The van der Waals surface area contributed by atoms with E-state index in [1.165, 1.54) is 24.5 Å². The van der Waals surface area contributed by atoms with Crippen LogP contribution in [-0.4, -0.2) is 50.9 Å². The minimum absolute atomic E-state index is 0.0980. The second-order valence-electron chi connectivity index (χ2n) is 8.67. The third-order valence-corrected chi connectivity index (χ3v) is 6.39. The Balaban J connectivity index is 1.53. The molecule has 4 rings (SSSR count). The number of primary amides is 1. The number of pyridine rings is 1. The molecule has 174 valence electrons. The molecule has 0 aromatic carbocycles. The zero-order chi connectivity index (χ0) is 23.6. The molecule has 0 bridgehead atoms. The van der Waals surface area contributed by atoms with Gasteiger partial charge >= 0.3 is 6.09 Å². The molecule has 2 aromatic heterocycles. The largest absolute Gasteiger partial charge is 0.446 e. The van der Waals surface area contributed by atoms with Gasteiger partial charge in [-0.25, -0.2) is 9.78 Å². The monoisotopic (exact) mass is 455 g/mol. The van der Waals surface area contributed by atoms with Crippen LogP contribution in [0.2, 0.25) is 0 Å². The molecule has 2 aliphatic rings. The number of piperidine rings is 1. The van der Waals surface area contributed by atoms with Crippen LogP contribution in [0.4, 0.5) is 20.7 Å². The van der Waals surface area contributed by atoms with E-state index in [9.17, 15) is 19.2 Å². The summed E-state index contributed by atoms with van der Waals surface area (Å²) in [5.41, 5.74) is 5.29. The van der Waals surface area contributed by atoms with Gasteiger partial charge in [0.15, 0.2) is 5.82 Å². The van der Waals surface area contributed by atoms with Gasteiger partial charge < -0.3 is 20.7 Å². The number of aromatic nitrogens is 3. The molecule has 2 aromatic rings. The maximum Gasteiger partial charge on any atom is 0.410 e. The maximum atomic E-state index is 13.5. The van der Waals surface area contributed by atoms with Crippen molar-refractivity contribution in [3.63, 3.8) is 0 Å². The number of carbonyl (C=O) groups is 2. The summed E-state index contributed by atoms with van der Waals surface area (Å²) in [6.45, 7) is 2.70. The molecule has 2 fully saturated rings. The highest BCUT2D eigenvalue weighted by molar-refractivity contribution is 5.98. The Bertz CT molecular complexity index is 1080. The van der Waals surface area contributed by atoms with E-state index in [4.69, 9.17) is 10.5 Å². The predicted molar refractivity (Wildman–Crippen MR) is 116 cm³/mol. The molecule has 0 radical (unpaired) electrons. The summed E-state index contributed by atoms with van der Waals surface area (Å²) in [5, 5.41) is 16.9. The molecule has 0 spiro atoms. The summed E-state index contributed by atoms with van der Waals surface area (Å²) >= 11 is 0. The molecule has 1 unspecified atom stereocenters. The summed E-state index contributed by atoms with van der Waals surface area (Å²) in [7, 11) is 0. The number of hydrogen-bond donors (Lipinski definition) is 2. The molecular weight excluding hydrogens is 429 g/mol. The van der Waals surface area contributed by atoms with E-state index < -0.39 is 17.4 Å². The second kappa shape index (κ2) is 9.05. The van der Waals surface area contributed by atoms with E-state index in [0.717, 1.165) is 12.8 Å². The lowest BCUT2D eigenvalue weighted by molar-refractivity contribution is 0.0384. The summed E-state index contributed by atoms with van der Waals surface area (Å²) < 4.78 is 20.6. The normalized spacial score (nSPS) is 18.3. The highest BCUT2D eigenvalue weighted by atomic mass is 19.1. The van der Waals surface area contributed by atoms with Gasteiger partial charge in [-0.1, -0.05) is 0 Å². The maximum absolute atomic E-state index is 13.5. The zero-order valence-electron chi connectivity index (χ0n) is 18.3. The molecule has 1 aliphatic heterocycles. The Kier molecular flexibility index (Phi) is 6.18.